The fourth-order valence-electron chi connectivity index (χ4n) is 2.84. The first kappa shape index (κ1) is 18.4. The lowest BCUT2D eigenvalue weighted by atomic mass is 10.1. The van der Waals surface area contributed by atoms with Crippen molar-refractivity contribution in [3.05, 3.63) is 76.6 Å². The summed E-state index contributed by atoms with van der Waals surface area (Å²) in [5, 5.41) is 7.29. The molecule has 1 heterocycles. The maximum Gasteiger partial charge on any atom is 0.337 e. The number of benzene rings is 2. The first-order valence-corrected chi connectivity index (χ1v) is 8.53. The van der Waals surface area contributed by atoms with Gasteiger partial charge in [0.05, 0.1) is 24.1 Å². The molecule has 1 amide bonds. The van der Waals surface area contributed by atoms with Crippen molar-refractivity contribution in [2.45, 2.75) is 20.8 Å². The van der Waals surface area contributed by atoms with Crippen molar-refractivity contribution in [3.63, 3.8) is 0 Å². The molecule has 0 saturated carbocycles. The Morgan fingerprint density at radius 2 is 1.63 bits per heavy atom. The average Bonchev–Trinajstić information content (AvgIpc) is 3.01. The first-order valence-electron chi connectivity index (χ1n) is 8.53. The number of anilines is 1. The van der Waals surface area contributed by atoms with E-state index in [-0.39, 0.29) is 5.91 Å². The lowest BCUT2D eigenvalue weighted by Crippen LogP contribution is -2.14. The Labute approximate surface area is 157 Å². The zero-order chi connectivity index (χ0) is 19.6. The zero-order valence-electron chi connectivity index (χ0n) is 15.7. The standard InChI is InChI=1S/C21H21N3O3/c1-13-5-6-17(21(26)27-4)12-19(13)22-20(25)16-7-9-18(10-8-16)24-15(3)11-14(2)23-24/h5-12H,1-4H3,(H,22,25). The maximum absolute atomic E-state index is 12.6. The number of nitrogens with one attached hydrogen (secondary N) is 1. The van der Waals surface area contributed by atoms with E-state index in [1.54, 1.807) is 30.3 Å². The number of esters is 1. The molecule has 27 heavy (non-hydrogen) atoms. The lowest BCUT2D eigenvalue weighted by molar-refractivity contribution is 0.0600. The topological polar surface area (TPSA) is 73.2 Å². The van der Waals surface area contributed by atoms with E-state index in [4.69, 9.17) is 4.74 Å². The Balaban J connectivity index is 1.81. The van der Waals surface area contributed by atoms with Crippen LogP contribution >= 0.6 is 0 Å². The summed E-state index contributed by atoms with van der Waals surface area (Å²) >= 11 is 0. The van der Waals surface area contributed by atoms with Gasteiger partial charge < -0.3 is 10.1 Å². The number of ether oxygens (including phenoxy) is 1. The minimum absolute atomic E-state index is 0.250. The summed E-state index contributed by atoms with van der Waals surface area (Å²) < 4.78 is 6.56. The molecule has 0 saturated heterocycles. The van der Waals surface area contributed by atoms with Crippen LogP contribution in [0.1, 0.15) is 37.7 Å². The van der Waals surface area contributed by atoms with Crippen molar-refractivity contribution in [2.24, 2.45) is 0 Å². The van der Waals surface area contributed by atoms with Gasteiger partial charge in [0.25, 0.3) is 5.91 Å². The molecule has 3 aromatic rings. The number of rotatable bonds is 4. The molecule has 0 spiro atoms. The molecule has 0 aliphatic carbocycles. The highest BCUT2D eigenvalue weighted by atomic mass is 16.5. The molecule has 138 valence electrons. The summed E-state index contributed by atoms with van der Waals surface area (Å²) in [5.41, 5.74) is 5.19. The number of amides is 1. The zero-order valence-corrected chi connectivity index (χ0v) is 15.7. The van der Waals surface area contributed by atoms with E-state index in [2.05, 4.69) is 10.4 Å². The Bertz CT molecular complexity index is 1000. The maximum atomic E-state index is 12.6. The highest BCUT2D eigenvalue weighted by Crippen LogP contribution is 2.19. The Morgan fingerprint density at radius 1 is 0.963 bits per heavy atom. The molecule has 3 rings (SSSR count). The van der Waals surface area contributed by atoms with E-state index in [1.165, 1.54) is 7.11 Å². The van der Waals surface area contributed by atoms with E-state index in [0.29, 0.717) is 16.8 Å². The highest BCUT2D eigenvalue weighted by Gasteiger charge is 2.12. The molecule has 0 bridgehead atoms. The largest absolute Gasteiger partial charge is 0.465 e. The van der Waals surface area contributed by atoms with Crippen LogP contribution in [0.15, 0.2) is 48.5 Å². The Kier molecular flexibility index (Phi) is 5.07. The molecule has 1 aromatic heterocycles. The SMILES string of the molecule is COC(=O)c1ccc(C)c(NC(=O)c2ccc(-n3nc(C)cc3C)cc2)c1. The van der Waals surface area contributed by atoms with Crippen LogP contribution in [-0.2, 0) is 4.74 Å². The minimum atomic E-state index is -0.445. The fraction of sp³-hybridized carbons (Fsp3) is 0.190. The van der Waals surface area contributed by atoms with Crippen LogP contribution in [0.2, 0.25) is 0 Å². The van der Waals surface area contributed by atoms with Crippen molar-refractivity contribution < 1.29 is 14.3 Å². The quantitative estimate of drug-likeness (QED) is 0.715. The van der Waals surface area contributed by atoms with E-state index in [9.17, 15) is 9.59 Å². The molecule has 0 fully saturated rings. The molecule has 1 N–H and O–H groups in total. The van der Waals surface area contributed by atoms with Crippen molar-refractivity contribution in [1.82, 2.24) is 9.78 Å². The summed E-state index contributed by atoms with van der Waals surface area (Å²) in [5.74, 6) is -0.695. The molecule has 0 radical (unpaired) electrons. The predicted octanol–water partition coefficient (Wildman–Crippen LogP) is 3.84. The molecular formula is C21H21N3O3. The molecule has 0 atom stereocenters. The van der Waals surface area contributed by atoms with Gasteiger partial charge in [0.15, 0.2) is 0 Å². The molecular weight excluding hydrogens is 342 g/mol. The van der Waals surface area contributed by atoms with Crippen LogP contribution in [0.4, 0.5) is 5.69 Å². The number of carbonyl (C=O) groups is 2. The third kappa shape index (κ3) is 3.89. The van der Waals surface area contributed by atoms with E-state index < -0.39 is 5.97 Å². The molecule has 0 unspecified atom stereocenters. The number of carbonyl (C=O) groups excluding carboxylic acids is 2. The van der Waals surface area contributed by atoms with Gasteiger partial charge >= 0.3 is 5.97 Å². The van der Waals surface area contributed by atoms with Crippen LogP contribution in [0.25, 0.3) is 5.69 Å². The number of nitrogens with zero attached hydrogens (tertiary/aromatic N) is 2. The van der Waals surface area contributed by atoms with Crippen LogP contribution < -0.4 is 5.32 Å². The van der Waals surface area contributed by atoms with Gasteiger partial charge in [-0.3, -0.25) is 4.79 Å². The summed E-state index contributed by atoms with van der Waals surface area (Å²) in [6, 6.07) is 14.3. The van der Waals surface area contributed by atoms with Gasteiger partial charge in [-0.1, -0.05) is 6.07 Å². The van der Waals surface area contributed by atoms with E-state index in [1.807, 2.05) is 43.7 Å². The smallest absolute Gasteiger partial charge is 0.337 e. The third-order valence-electron chi connectivity index (χ3n) is 4.29. The highest BCUT2D eigenvalue weighted by molar-refractivity contribution is 6.05. The number of hydrogen-bond donors (Lipinski definition) is 1. The second kappa shape index (κ2) is 7.45. The molecule has 6 nitrogen and oxygen atoms in total. The fourth-order valence-corrected chi connectivity index (χ4v) is 2.84. The summed E-state index contributed by atoms with van der Waals surface area (Å²) in [7, 11) is 1.32. The summed E-state index contributed by atoms with van der Waals surface area (Å²) in [6.07, 6.45) is 0. The van der Waals surface area contributed by atoms with Crippen LogP contribution in [-0.4, -0.2) is 28.8 Å². The van der Waals surface area contributed by atoms with Gasteiger partial charge in [-0.15, -0.1) is 0 Å². The van der Waals surface area contributed by atoms with Gasteiger partial charge in [-0.25, -0.2) is 9.48 Å². The van der Waals surface area contributed by atoms with Gasteiger partial charge in [-0.05, 0) is 68.8 Å². The number of aromatic nitrogens is 2. The summed E-state index contributed by atoms with van der Waals surface area (Å²) in [6.45, 7) is 5.79. The van der Waals surface area contributed by atoms with Crippen molar-refractivity contribution >= 4 is 17.6 Å². The monoisotopic (exact) mass is 363 g/mol. The third-order valence-corrected chi connectivity index (χ3v) is 4.29. The molecule has 2 aromatic carbocycles. The minimum Gasteiger partial charge on any atom is -0.465 e. The summed E-state index contributed by atoms with van der Waals surface area (Å²) in [4.78, 5) is 24.3. The lowest BCUT2D eigenvalue weighted by Gasteiger charge is -2.11. The van der Waals surface area contributed by atoms with Gasteiger partial charge in [0, 0.05) is 16.9 Å². The number of hydrogen-bond acceptors (Lipinski definition) is 4. The van der Waals surface area contributed by atoms with E-state index >= 15 is 0 Å². The van der Waals surface area contributed by atoms with Gasteiger partial charge in [0.1, 0.15) is 0 Å². The van der Waals surface area contributed by atoms with Crippen molar-refractivity contribution in [3.8, 4) is 5.69 Å². The van der Waals surface area contributed by atoms with Crippen molar-refractivity contribution in [2.75, 3.05) is 12.4 Å². The van der Waals surface area contributed by atoms with Crippen LogP contribution in [0, 0.1) is 20.8 Å². The Morgan fingerprint density at radius 3 is 2.22 bits per heavy atom. The second-order valence-corrected chi connectivity index (χ2v) is 6.36. The van der Waals surface area contributed by atoms with Gasteiger partial charge in [-0.2, -0.15) is 5.10 Å². The first-order chi connectivity index (χ1) is 12.9. The normalized spacial score (nSPS) is 10.5. The van der Waals surface area contributed by atoms with Gasteiger partial charge in [0.2, 0.25) is 0 Å². The van der Waals surface area contributed by atoms with Crippen molar-refractivity contribution in [1.29, 1.82) is 0 Å². The number of methoxy groups -OCH3 is 1. The van der Waals surface area contributed by atoms with Crippen LogP contribution in [0.5, 0.6) is 0 Å². The second-order valence-electron chi connectivity index (χ2n) is 6.36. The Hall–Kier alpha value is -3.41. The number of aryl methyl sites for hydroxylation is 3. The molecule has 0 aliphatic heterocycles. The van der Waals surface area contributed by atoms with Crippen LogP contribution in [0.3, 0.4) is 0 Å². The molecule has 0 aliphatic rings. The van der Waals surface area contributed by atoms with E-state index in [0.717, 1.165) is 22.6 Å². The predicted molar refractivity (Wildman–Crippen MR) is 104 cm³/mol. The molecule has 6 heteroatoms. The average molecular weight is 363 g/mol.